The molecule has 3 atom stereocenters. The summed E-state index contributed by atoms with van der Waals surface area (Å²) < 4.78 is 36.5. The number of carboxylic acids is 5. The molecule has 1 aliphatic heterocycles. The summed E-state index contributed by atoms with van der Waals surface area (Å²) in [6.45, 7) is -0.622. The van der Waals surface area contributed by atoms with Crippen molar-refractivity contribution in [2.45, 2.75) is 70.9 Å². The molecule has 1 heterocycles. The topological polar surface area (TPSA) is 402 Å². The van der Waals surface area contributed by atoms with E-state index in [1.54, 1.807) is 0 Å². The monoisotopic (exact) mass is 1000 g/mol. The number of nitrogens with zero attached hydrogens (tertiary/aromatic N) is 1. The first-order chi connectivity index (χ1) is 34.6. The van der Waals surface area contributed by atoms with Crippen molar-refractivity contribution in [3.8, 4) is 22.3 Å². The van der Waals surface area contributed by atoms with Gasteiger partial charge >= 0.3 is 42.1 Å². The molecule has 4 aromatic rings. The van der Waals surface area contributed by atoms with E-state index in [0.29, 0.717) is 5.06 Å². The van der Waals surface area contributed by atoms with Crippen molar-refractivity contribution in [1.82, 2.24) is 10.4 Å². The molecule has 384 valence electrons. The van der Waals surface area contributed by atoms with Crippen molar-refractivity contribution in [1.29, 1.82) is 0 Å². The van der Waals surface area contributed by atoms with Crippen LogP contribution in [-0.4, -0.2) is 129 Å². The fraction of sp³-hybridized carbons (Fsp3) is 0.312. The minimum atomic E-state index is -2.99. The summed E-state index contributed by atoms with van der Waals surface area (Å²) in [6.07, 6.45) is -1.67. The van der Waals surface area contributed by atoms with E-state index in [1.165, 1.54) is 13.8 Å². The van der Waals surface area contributed by atoms with Gasteiger partial charge in [0.25, 0.3) is 11.8 Å². The molecule has 71 heavy (non-hydrogen) atoms. The zero-order valence-corrected chi connectivity index (χ0v) is 37.7. The summed E-state index contributed by atoms with van der Waals surface area (Å²) in [6, 6.07) is 27.6. The van der Waals surface area contributed by atoms with Crippen LogP contribution in [0.5, 0.6) is 0 Å². The molecule has 0 saturated carbocycles. The minimum absolute atomic E-state index is 0. The largest absolute Gasteiger partial charge is 0.533 e. The van der Waals surface area contributed by atoms with Crippen LogP contribution < -0.4 is 28.3 Å². The van der Waals surface area contributed by atoms with E-state index < -0.39 is 85.4 Å². The maximum Gasteiger partial charge on any atom is 0.533 e. The second-order valence-corrected chi connectivity index (χ2v) is 14.6. The summed E-state index contributed by atoms with van der Waals surface area (Å²) in [5.41, 5.74) is 27.8. The molecule has 7 rings (SSSR count). The average Bonchev–Trinajstić information content (AvgIpc) is 3.97. The van der Waals surface area contributed by atoms with Crippen LogP contribution in [0.4, 0.5) is 9.59 Å². The first-order valence-electron chi connectivity index (χ1n) is 22.7. The lowest BCUT2D eigenvalue weighted by Crippen LogP contribution is -2.32. The molecule has 23 nitrogen and oxygen atoms in total. The maximum absolute atomic E-state index is 11.9. The van der Waals surface area contributed by atoms with Crippen LogP contribution >= 0.6 is 0 Å². The van der Waals surface area contributed by atoms with Crippen molar-refractivity contribution < 1.29 is 88.5 Å². The Morgan fingerprint density at radius 1 is 0.676 bits per heavy atom. The number of carboxylic acid groups (broad SMARTS) is 5. The number of carbonyl (C=O) groups excluding carboxylic acids is 4. The van der Waals surface area contributed by atoms with Crippen LogP contribution in [0.15, 0.2) is 97.1 Å². The Balaban J connectivity index is 0.000000508. The fourth-order valence-corrected chi connectivity index (χ4v) is 6.15. The molecule has 1 fully saturated rings. The molecule has 0 aromatic heterocycles. The number of nitrogens with one attached hydrogen (secondary N) is 1. The van der Waals surface area contributed by atoms with Crippen molar-refractivity contribution in [3.63, 3.8) is 0 Å². The number of hydrogen-bond acceptors (Lipinski definition) is 16. The molecular formula is C48H60N6O17. The van der Waals surface area contributed by atoms with Crippen LogP contribution in [0.1, 0.15) is 80.5 Å². The highest BCUT2D eigenvalue weighted by molar-refractivity contribution is 6.01. The van der Waals surface area contributed by atoms with Gasteiger partial charge in [0.1, 0.15) is 37.9 Å². The highest BCUT2D eigenvalue weighted by Gasteiger charge is 2.35. The summed E-state index contributed by atoms with van der Waals surface area (Å²) in [5.74, 6) is -7.04. The summed E-state index contributed by atoms with van der Waals surface area (Å²) in [5, 5.41) is 42.6. The molecule has 4 aromatic carbocycles. The van der Waals surface area contributed by atoms with Crippen molar-refractivity contribution in [2.24, 2.45) is 22.9 Å². The Kier molecular flexibility index (Phi) is 22.9. The number of benzene rings is 4. The molecule has 0 bridgehead atoms. The first kappa shape index (κ1) is 53.7. The third-order valence-corrected chi connectivity index (χ3v) is 9.41. The summed E-state index contributed by atoms with van der Waals surface area (Å²) in [7, 11) is 0. The first-order valence-corrected chi connectivity index (χ1v) is 20.7. The van der Waals surface area contributed by atoms with E-state index in [4.69, 9.17) is 56.8 Å². The number of carbonyl (C=O) groups is 9. The SMILES string of the molecule is C.C[C@H](N)[13C](=O)O.C[C@H]([16NH2])C(=O)O.NCC(=O)O.O=C(O)CNC(=O)OCC1c2ccccc2-c2ccccc21.O=C(OCC1c2ccccc2-c2ccccc21)ON1C(=O)CCC1=O.[2H]C([2H])([2H])[C@@]([2H])(N)[13C](=O)O. The fourth-order valence-electron chi connectivity index (χ4n) is 6.15. The Morgan fingerprint density at radius 3 is 1.28 bits per heavy atom. The quantitative estimate of drug-likeness (QED) is 0.0583. The van der Waals surface area contributed by atoms with Gasteiger partial charge in [-0.05, 0) is 65.2 Å². The number of imide groups is 1. The van der Waals surface area contributed by atoms with E-state index in [1.807, 2.05) is 84.9 Å². The Morgan fingerprint density at radius 2 is 1.01 bits per heavy atom. The number of hydrogen-bond donors (Lipinski definition) is 10. The molecule has 1 saturated heterocycles. The number of ether oxygens (including phenoxy) is 2. The molecule has 14 N–H and O–H groups in total. The highest BCUT2D eigenvalue weighted by atomic mass is 16.8. The van der Waals surface area contributed by atoms with Gasteiger partial charge in [-0.1, -0.05) is 110 Å². The van der Waals surface area contributed by atoms with Crippen LogP contribution in [0, 0.1) is 0 Å². The number of amides is 3. The Hall–Kier alpha value is -8.25. The lowest BCUT2D eigenvalue weighted by molar-refractivity contribution is -0.177. The second-order valence-electron chi connectivity index (χ2n) is 14.6. The molecular weight excluding hydrogens is 937 g/mol. The van der Waals surface area contributed by atoms with Crippen molar-refractivity contribution in [3.05, 3.63) is 119 Å². The molecule has 3 aliphatic rings. The van der Waals surface area contributed by atoms with E-state index >= 15 is 0 Å². The lowest BCUT2D eigenvalue weighted by atomic mass is 9.98. The molecule has 0 radical (unpaired) electrons. The van der Waals surface area contributed by atoms with E-state index in [9.17, 15) is 43.2 Å². The number of fused-ring (bicyclic) bond motifs is 6. The summed E-state index contributed by atoms with van der Waals surface area (Å²) >= 11 is 0. The second kappa shape index (κ2) is 30.3. The van der Waals surface area contributed by atoms with Gasteiger partial charge in [-0.2, -0.15) is 0 Å². The van der Waals surface area contributed by atoms with Crippen LogP contribution in [0.3, 0.4) is 0 Å². The zero-order valence-electron chi connectivity index (χ0n) is 41.7. The van der Waals surface area contributed by atoms with Gasteiger partial charge in [0.15, 0.2) is 0 Å². The predicted octanol–water partition coefficient (Wildman–Crippen LogP) is 3.55. The van der Waals surface area contributed by atoms with Crippen LogP contribution in [-0.2, 0) is 47.9 Å². The average molecular weight is 1000 g/mol. The molecule has 2 aliphatic carbocycles. The molecule has 0 spiro atoms. The Labute approximate surface area is 413 Å². The van der Waals surface area contributed by atoms with Gasteiger partial charge < -0.3 is 63.3 Å². The van der Waals surface area contributed by atoms with Crippen molar-refractivity contribution in [2.75, 3.05) is 26.3 Å². The predicted molar refractivity (Wildman–Crippen MR) is 255 cm³/mol. The number of alkyl carbamates (subject to hydrolysis) is 1. The smallest absolute Gasteiger partial charge is 0.480 e. The van der Waals surface area contributed by atoms with Gasteiger partial charge in [-0.15, -0.1) is 0 Å². The normalized spacial score (nSPS) is 14.9. The Bertz CT molecular complexity index is 2520. The van der Waals surface area contributed by atoms with Gasteiger partial charge in [-0.3, -0.25) is 38.4 Å². The van der Waals surface area contributed by atoms with Gasteiger partial charge in [0, 0.05) is 28.8 Å². The minimum Gasteiger partial charge on any atom is -0.480 e. The van der Waals surface area contributed by atoms with Gasteiger partial charge in [-0.25, -0.2) is 9.59 Å². The third kappa shape index (κ3) is 19.7. The molecule has 3 amide bonds. The lowest BCUT2D eigenvalue weighted by Gasteiger charge is -2.16. The molecule has 0 unspecified atom stereocenters. The van der Waals surface area contributed by atoms with Crippen LogP contribution in [0.25, 0.3) is 22.3 Å². The number of hydroxylamine groups is 2. The zero-order chi connectivity index (χ0) is 56.1. The van der Waals surface area contributed by atoms with E-state index in [0.717, 1.165) is 44.5 Å². The third-order valence-electron chi connectivity index (χ3n) is 9.41. The number of rotatable bonds is 11. The summed E-state index contributed by atoms with van der Waals surface area (Å²) in [4.78, 5) is 99.9. The standard InChI is InChI=1S/C19H15NO5.C17H15NO4.3C3H7NO2.C2H5NO2.CH4/c21-17-9-10-18(22)20(17)25-19(23)24-11-16-14-7-3-1-5-12(14)13-6-2-4-8-15(13)16;19-16(20)9-18-17(21)22-10-15-13-7-3-1-5-11(13)12-6-2-4-8-14(12)15;3*1-2(4)3(5)6;3-1-2(4)5;/h1-8,16H,9-11H2;1-8,15H,9-10H2,(H,18,21)(H,19,20);3*2H,4H2,1H3,(H,5,6);1,3H2,(H,4,5);1H4/t;;3*2-;;/m..100../s1/i;;1D3,2D,3+1;4+2;3+1;;. The van der Waals surface area contributed by atoms with Gasteiger partial charge in [0.05, 0.1) is 7.92 Å². The van der Waals surface area contributed by atoms with E-state index in [2.05, 4.69) is 28.9 Å². The maximum atomic E-state index is 11.9. The van der Waals surface area contributed by atoms with Crippen LogP contribution in [0.2, 0.25) is 0 Å². The van der Waals surface area contributed by atoms with Crippen molar-refractivity contribution >= 4 is 53.9 Å². The highest BCUT2D eigenvalue weighted by Crippen LogP contribution is 2.45. The van der Waals surface area contributed by atoms with Gasteiger partial charge in [0.2, 0.25) is 0 Å². The number of nitrogens with two attached hydrogens (primary N) is 4. The number of aliphatic carboxylic acids is 5. The molecule has 23 heteroatoms. The van der Waals surface area contributed by atoms with E-state index in [-0.39, 0.29) is 51.9 Å².